The fourth-order valence-electron chi connectivity index (χ4n) is 8.34. The Bertz CT molecular complexity index is 985. The lowest BCUT2D eigenvalue weighted by molar-refractivity contribution is -0.350. The first-order valence-electron chi connectivity index (χ1n) is 11.9. The van der Waals surface area contributed by atoms with Crippen LogP contribution in [0.5, 0.6) is 0 Å². The van der Waals surface area contributed by atoms with Crippen molar-refractivity contribution >= 4 is 11.9 Å². The van der Waals surface area contributed by atoms with Gasteiger partial charge in [-0.1, -0.05) is 31.1 Å². The molecule has 12 atom stereocenters. The highest BCUT2D eigenvalue weighted by molar-refractivity contribution is 5.83. The van der Waals surface area contributed by atoms with Crippen LogP contribution < -0.4 is 0 Å². The highest BCUT2D eigenvalue weighted by Crippen LogP contribution is 2.74. The van der Waals surface area contributed by atoms with Gasteiger partial charge in [-0.15, -0.1) is 0 Å². The zero-order valence-electron chi connectivity index (χ0n) is 20.1. The van der Waals surface area contributed by atoms with Crippen molar-refractivity contribution in [2.45, 2.75) is 77.3 Å². The topological polar surface area (TPSA) is 143 Å². The molecule has 2 aliphatic heterocycles. The number of carbonyl (C=O) groups is 2. The molecule has 9 nitrogen and oxygen atoms in total. The van der Waals surface area contributed by atoms with Crippen molar-refractivity contribution in [2.75, 3.05) is 6.61 Å². The first-order chi connectivity index (χ1) is 15.8. The molecule has 4 fully saturated rings. The van der Waals surface area contributed by atoms with Crippen molar-refractivity contribution in [3.63, 3.8) is 0 Å². The molecule has 0 aromatic rings. The van der Waals surface area contributed by atoms with E-state index in [0.717, 1.165) is 5.57 Å². The lowest BCUT2D eigenvalue weighted by atomic mass is 9.37. The maximum Gasteiger partial charge on any atom is 0.331 e. The van der Waals surface area contributed by atoms with Crippen LogP contribution in [-0.2, 0) is 23.8 Å². The van der Waals surface area contributed by atoms with Crippen LogP contribution in [0, 0.1) is 34.5 Å². The minimum Gasteiger partial charge on any atom is -0.458 e. The van der Waals surface area contributed by atoms with E-state index >= 15 is 0 Å². The maximum absolute atomic E-state index is 12.8. The second-order valence-corrected chi connectivity index (χ2v) is 11.4. The molecule has 34 heavy (non-hydrogen) atoms. The van der Waals surface area contributed by atoms with E-state index in [0.29, 0.717) is 5.57 Å². The van der Waals surface area contributed by atoms with Gasteiger partial charge in [0.15, 0.2) is 5.79 Å². The van der Waals surface area contributed by atoms with Crippen molar-refractivity contribution in [3.8, 4) is 0 Å². The van der Waals surface area contributed by atoms with Gasteiger partial charge in [-0.05, 0) is 32.6 Å². The van der Waals surface area contributed by atoms with E-state index in [-0.39, 0.29) is 13.0 Å². The number of rotatable bonds is 2. The summed E-state index contributed by atoms with van der Waals surface area (Å²) in [6, 6.07) is 0. The van der Waals surface area contributed by atoms with Gasteiger partial charge >= 0.3 is 11.9 Å². The number of ether oxygens (including phenoxy) is 3. The smallest absolute Gasteiger partial charge is 0.331 e. The van der Waals surface area contributed by atoms with Gasteiger partial charge in [-0.2, -0.15) is 0 Å². The molecular formula is C25H34O9. The summed E-state index contributed by atoms with van der Waals surface area (Å²) in [6.07, 6.45) is -2.96. The van der Waals surface area contributed by atoms with E-state index in [1.54, 1.807) is 34.6 Å². The molecular weight excluding hydrogens is 444 g/mol. The zero-order chi connectivity index (χ0) is 25.0. The van der Waals surface area contributed by atoms with Crippen molar-refractivity contribution in [1.29, 1.82) is 0 Å². The normalized spacial score (nSPS) is 53.1. The molecule has 2 heterocycles. The summed E-state index contributed by atoms with van der Waals surface area (Å²) in [4.78, 5) is 25.7. The Balaban J connectivity index is 1.77. The predicted octanol–water partition coefficient (Wildman–Crippen LogP) is 0.446. The molecule has 2 saturated carbocycles. The van der Waals surface area contributed by atoms with Gasteiger partial charge in [0.2, 0.25) is 0 Å². The van der Waals surface area contributed by atoms with E-state index < -0.39 is 82.7 Å². The van der Waals surface area contributed by atoms with Gasteiger partial charge in [-0.25, -0.2) is 4.79 Å². The lowest BCUT2D eigenvalue weighted by Crippen LogP contribution is -2.79. The van der Waals surface area contributed by atoms with Gasteiger partial charge in [0.05, 0.1) is 18.8 Å². The summed E-state index contributed by atoms with van der Waals surface area (Å²) in [7, 11) is 0. The van der Waals surface area contributed by atoms with Crippen LogP contribution >= 0.6 is 0 Å². The molecule has 0 amide bonds. The summed E-state index contributed by atoms with van der Waals surface area (Å²) >= 11 is 0. The Hall–Kier alpha value is -1.78. The molecule has 5 aliphatic rings. The van der Waals surface area contributed by atoms with Crippen LogP contribution in [-0.4, -0.2) is 75.3 Å². The van der Waals surface area contributed by atoms with E-state index in [2.05, 4.69) is 0 Å². The molecule has 0 aromatic carbocycles. The minimum atomic E-state index is -2.03. The van der Waals surface area contributed by atoms with Crippen LogP contribution in [0.15, 0.2) is 23.3 Å². The molecule has 0 radical (unpaired) electrons. The van der Waals surface area contributed by atoms with Crippen LogP contribution in [0.4, 0.5) is 0 Å². The third-order valence-corrected chi connectivity index (χ3v) is 9.39. The van der Waals surface area contributed by atoms with Gasteiger partial charge in [0.1, 0.15) is 18.3 Å². The molecule has 5 rings (SSSR count). The first-order valence-corrected chi connectivity index (χ1v) is 11.9. The fourth-order valence-corrected chi connectivity index (χ4v) is 8.34. The highest BCUT2D eigenvalue weighted by atomic mass is 16.7. The van der Waals surface area contributed by atoms with Crippen LogP contribution in [0.3, 0.4) is 0 Å². The summed E-state index contributed by atoms with van der Waals surface area (Å²) < 4.78 is 17.9. The molecule has 4 N–H and O–H groups in total. The quantitative estimate of drug-likeness (QED) is 0.253. The molecule has 1 spiro atoms. The third kappa shape index (κ3) is 2.73. The fraction of sp³-hybridized carbons (Fsp3) is 0.760. The van der Waals surface area contributed by atoms with Gasteiger partial charge in [0, 0.05) is 35.2 Å². The van der Waals surface area contributed by atoms with Crippen LogP contribution in [0.2, 0.25) is 0 Å². The van der Waals surface area contributed by atoms with Crippen LogP contribution in [0.1, 0.15) is 41.0 Å². The lowest BCUT2D eigenvalue weighted by Gasteiger charge is -2.69. The van der Waals surface area contributed by atoms with E-state index in [9.17, 15) is 30.0 Å². The SMILES string of the molecule is CC(C)=CC(=O)O[C@H]1[C@H]2C(C)=C[C@H](O)[C@H](O)[C@]2(C)[C@H]2[C@@]3(O)OC[C@]24[C@@H](CC(=O)O[C@@H]14)[C@H](C)[C@H]3O. The standard InChI is InChI=1S/C25H34O9/c1-10(2)6-15(27)33-18-17-11(3)7-14(26)20(30)23(17,5)22-24-9-32-25(22,31)19(29)12(4)13(24)8-16(28)34-21(18)24/h6-7,12-14,17-22,26,29-31H,8-9H2,1-5H3/t12-,13-,14-,17+,18-,19+,20-,21-,22+,23+,24+,25-/m0/s1. The minimum absolute atomic E-state index is 0.00746. The summed E-state index contributed by atoms with van der Waals surface area (Å²) in [5.74, 6) is -5.66. The molecule has 188 valence electrons. The Morgan fingerprint density at radius 1 is 1.24 bits per heavy atom. The largest absolute Gasteiger partial charge is 0.458 e. The number of esters is 2. The number of aliphatic hydroxyl groups is 4. The second-order valence-electron chi connectivity index (χ2n) is 11.4. The maximum atomic E-state index is 12.8. The number of aliphatic hydroxyl groups excluding tert-OH is 3. The van der Waals surface area contributed by atoms with Crippen molar-refractivity contribution < 1.29 is 44.2 Å². The zero-order valence-corrected chi connectivity index (χ0v) is 20.1. The Kier molecular flexibility index (Phi) is 5.19. The Morgan fingerprint density at radius 2 is 1.91 bits per heavy atom. The summed E-state index contributed by atoms with van der Waals surface area (Å²) in [5.41, 5.74) is -0.920. The molecule has 0 aromatic heterocycles. The third-order valence-electron chi connectivity index (χ3n) is 9.39. The van der Waals surface area contributed by atoms with Gasteiger partial charge in [-0.3, -0.25) is 4.79 Å². The average molecular weight is 479 g/mol. The van der Waals surface area contributed by atoms with Crippen molar-refractivity contribution in [3.05, 3.63) is 23.3 Å². The number of fused-ring (bicyclic) bond motifs is 1. The molecule has 3 aliphatic carbocycles. The summed E-state index contributed by atoms with van der Waals surface area (Å²) in [6.45, 7) is 8.75. The van der Waals surface area contributed by atoms with E-state index in [1.165, 1.54) is 12.2 Å². The molecule has 2 bridgehead atoms. The highest BCUT2D eigenvalue weighted by Gasteiger charge is 2.84. The Labute approximate surface area is 198 Å². The number of allylic oxidation sites excluding steroid dienone is 1. The van der Waals surface area contributed by atoms with Crippen LogP contribution in [0.25, 0.3) is 0 Å². The first kappa shape index (κ1) is 23.9. The number of carbonyl (C=O) groups excluding carboxylic acids is 2. The Morgan fingerprint density at radius 3 is 2.56 bits per heavy atom. The number of hydrogen-bond donors (Lipinski definition) is 4. The summed E-state index contributed by atoms with van der Waals surface area (Å²) in [5, 5.41) is 45.2. The van der Waals surface area contributed by atoms with Gasteiger partial charge in [0.25, 0.3) is 0 Å². The van der Waals surface area contributed by atoms with Crippen molar-refractivity contribution in [1.82, 2.24) is 0 Å². The van der Waals surface area contributed by atoms with Gasteiger partial charge < -0.3 is 34.6 Å². The molecule has 2 saturated heterocycles. The van der Waals surface area contributed by atoms with Crippen molar-refractivity contribution in [2.24, 2.45) is 34.5 Å². The number of hydrogen-bond acceptors (Lipinski definition) is 9. The predicted molar refractivity (Wildman–Crippen MR) is 117 cm³/mol. The van der Waals surface area contributed by atoms with E-state index in [1.807, 2.05) is 0 Å². The van der Waals surface area contributed by atoms with E-state index in [4.69, 9.17) is 14.2 Å². The monoisotopic (exact) mass is 478 g/mol. The molecule has 0 unspecified atom stereocenters. The second kappa shape index (κ2) is 7.36. The molecule has 9 heteroatoms. The average Bonchev–Trinajstić information content (AvgIpc) is 3.02.